The molecule has 0 spiro atoms. The van der Waals surface area contributed by atoms with Crippen molar-refractivity contribution in [2.45, 2.75) is 49.4 Å². The Kier molecular flexibility index (Phi) is 8.35. The third-order valence-electron chi connectivity index (χ3n) is 7.44. The number of thioether (sulfide) groups is 1. The van der Waals surface area contributed by atoms with Crippen LogP contribution in [0, 0.1) is 5.92 Å². The fraction of sp³-hybridized carbons (Fsp3) is 0.367. The van der Waals surface area contributed by atoms with Gasteiger partial charge >= 0.3 is 0 Å². The number of likely N-dealkylation sites (tertiary alicyclic amines) is 1. The molecule has 2 N–H and O–H groups in total. The Hall–Kier alpha value is -3.92. The van der Waals surface area contributed by atoms with Gasteiger partial charge in [0.25, 0.3) is 5.56 Å². The number of carbonyl (C=O) groups excluding carboxylic acids is 2. The summed E-state index contributed by atoms with van der Waals surface area (Å²) in [5.74, 6) is -0.480. The number of aromatic nitrogens is 4. The van der Waals surface area contributed by atoms with Gasteiger partial charge < -0.3 is 10.6 Å². The first-order valence-electron chi connectivity index (χ1n) is 13.7. The number of amides is 2. The Morgan fingerprint density at radius 3 is 2.58 bits per heavy atom. The highest BCUT2D eigenvalue weighted by Crippen LogP contribution is 2.31. The second kappa shape index (κ2) is 12.1. The van der Waals surface area contributed by atoms with Crippen molar-refractivity contribution in [2.24, 2.45) is 18.7 Å². The molecule has 10 heteroatoms. The van der Waals surface area contributed by atoms with E-state index < -0.39 is 5.25 Å². The number of piperidine rings is 1. The maximum atomic E-state index is 13.9. The van der Waals surface area contributed by atoms with Gasteiger partial charge in [-0.3, -0.25) is 23.6 Å². The molecule has 1 unspecified atom stereocenters. The molecule has 1 atom stereocenters. The molecule has 0 saturated carbocycles. The zero-order valence-electron chi connectivity index (χ0n) is 22.8. The summed E-state index contributed by atoms with van der Waals surface area (Å²) >= 11 is 1.35. The second-order valence-corrected chi connectivity index (χ2v) is 11.4. The van der Waals surface area contributed by atoms with E-state index in [1.54, 1.807) is 21.5 Å². The van der Waals surface area contributed by atoms with Crippen molar-refractivity contribution in [1.29, 1.82) is 0 Å². The normalized spacial score (nSPS) is 14.9. The number of nitrogens with zero attached hydrogens (tertiary/aromatic N) is 5. The van der Waals surface area contributed by atoms with E-state index in [0.29, 0.717) is 54.1 Å². The van der Waals surface area contributed by atoms with Crippen molar-refractivity contribution in [3.8, 4) is 16.8 Å². The summed E-state index contributed by atoms with van der Waals surface area (Å²) in [5, 5.41) is 4.87. The fourth-order valence-corrected chi connectivity index (χ4v) is 6.39. The van der Waals surface area contributed by atoms with E-state index in [1.165, 1.54) is 11.8 Å². The van der Waals surface area contributed by atoms with Crippen molar-refractivity contribution in [2.75, 3.05) is 13.1 Å². The zero-order valence-corrected chi connectivity index (χ0v) is 23.6. The molecule has 4 aromatic rings. The van der Waals surface area contributed by atoms with E-state index in [-0.39, 0.29) is 23.3 Å². The summed E-state index contributed by atoms with van der Waals surface area (Å²) in [5.41, 5.74) is 8.47. The van der Waals surface area contributed by atoms with Crippen LogP contribution in [0.2, 0.25) is 0 Å². The van der Waals surface area contributed by atoms with Crippen molar-refractivity contribution in [1.82, 2.24) is 24.2 Å². The summed E-state index contributed by atoms with van der Waals surface area (Å²) in [6.07, 6.45) is 7.34. The molecular weight excluding hydrogens is 524 g/mol. The second-order valence-electron chi connectivity index (χ2n) is 10.3. The molecule has 0 radical (unpaired) electrons. The number of carbonyl (C=O) groups is 2. The highest BCUT2D eigenvalue weighted by atomic mass is 32.2. The lowest BCUT2D eigenvalue weighted by Crippen LogP contribution is -2.45. The Morgan fingerprint density at radius 2 is 1.88 bits per heavy atom. The molecule has 208 valence electrons. The van der Waals surface area contributed by atoms with Crippen LogP contribution in [0.25, 0.3) is 27.7 Å². The number of fused-ring (bicyclic) bond motifs is 1. The van der Waals surface area contributed by atoms with E-state index in [9.17, 15) is 14.4 Å². The molecule has 0 aliphatic carbocycles. The average Bonchev–Trinajstić information content (AvgIpc) is 3.41. The molecule has 2 aromatic carbocycles. The van der Waals surface area contributed by atoms with E-state index in [0.717, 1.165) is 24.0 Å². The number of nitrogens with two attached hydrogens (primary N) is 1. The predicted octanol–water partition coefficient (Wildman–Crippen LogP) is 4.16. The van der Waals surface area contributed by atoms with Gasteiger partial charge in [0.1, 0.15) is 0 Å². The van der Waals surface area contributed by atoms with Gasteiger partial charge in [-0.15, -0.1) is 0 Å². The smallest absolute Gasteiger partial charge is 0.266 e. The van der Waals surface area contributed by atoms with Crippen LogP contribution in [0.5, 0.6) is 0 Å². The van der Waals surface area contributed by atoms with E-state index >= 15 is 0 Å². The van der Waals surface area contributed by atoms with E-state index in [4.69, 9.17) is 10.7 Å². The summed E-state index contributed by atoms with van der Waals surface area (Å²) in [4.78, 5) is 46.1. The lowest BCUT2D eigenvalue weighted by atomic mass is 9.96. The van der Waals surface area contributed by atoms with Crippen molar-refractivity contribution in [3.63, 3.8) is 0 Å². The molecule has 2 amide bonds. The van der Waals surface area contributed by atoms with Crippen molar-refractivity contribution < 1.29 is 9.59 Å². The lowest BCUT2D eigenvalue weighted by Gasteiger charge is -2.33. The monoisotopic (exact) mass is 558 g/mol. The minimum Gasteiger partial charge on any atom is -0.369 e. The average molecular weight is 559 g/mol. The van der Waals surface area contributed by atoms with Gasteiger partial charge in [-0.2, -0.15) is 5.10 Å². The fourth-order valence-electron chi connectivity index (χ4n) is 5.15. The maximum absolute atomic E-state index is 13.9. The maximum Gasteiger partial charge on any atom is 0.266 e. The number of benzene rings is 2. The quantitative estimate of drug-likeness (QED) is 0.244. The van der Waals surface area contributed by atoms with Crippen LogP contribution >= 0.6 is 11.8 Å². The molecule has 40 heavy (non-hydrogen) atoms. The van der Waals surface area contributed by atoms with Crippen LogP contribution in [0.15, 0.2) is 70.9 Å². The van der Waals surface area contributed by atoms with E-state index in [2.05, 4.69) is 12.0 Å². The molecule has 3 heterocycles. The number of primary amides is 1. The largest absolute Gasteiger partial charge is 0.369 e. The highest BCUT2D eigenvalue weighted by Gasteiger charge is 2.31. The Bertz CT molecular complexity index is 1590. The Labute approximate surface area is 237 Å². The van der Waals surface area contributed by atoms with Crippen LogP contribution < -0.4 is 11.3 Å². The third kappa shape index (κ3) is 5.82. The SMILES string of the molecule is CCCCC(Sc1nc2ccccc2c(=O)n1-c1cccc(-c2cnn(C)c2)c1)C(=O)N1CCC(C(N)=O)CC1. The van der Waals surface area contributed by atoms with Gasteiger partial charge in [0.05, 0.1) is 28.0 Å². The van der Waals surface area contributed by atoms with Gasteiger partial charge in [-0.1, -0.05) is 55.8 Å². The minimum absolute atomic E-state index is 0.0134. The highest BCUT2D eigenvalue weighted by molar-refractivity contribution is 8.00. The molecular formula is C30H34N6O3S. The minimum atomic E-state index is -0.411. The predicted molar refractivity (Wildman–Crippen MR) is 157 cm³/mol. The molecule has 1 saturated heterocycles. The van der Waals surface area contributed by atoms with E-state index in [1.807, 2.05) is 60.6 Å². The first-order valence-corrected chi connectivity index (χ1v) is 14.6. The van der Waals surface area contributed by atoms with Crippen LogP contribution in [0.4, 0.5) is 0 Å². The van der Waals surface area contributed by atoms with Gasteiger partial charge in [-0.25, -0.2) is 4.98 Å². The number of unbranched alkanes of at least 4 members (excludes halogenated alkanes) is 1. The number of hydrogen-bond donors (Lipinski definition) is 1. The Balaban J connectivity index is 1.54. The Morgan fingerprint density at radius 1 is 1.10 bits per heavy atom. The van der Waals surface area contributed by atoms with Gasteiger partial charge in [0.2, 0.25) is 11.8 Å². The third-order valence-corrected chi connectivity index (χ3v) is 8.65. The number of para-hydroxylation sites is 1. The van der Waals surface area contributed by atoms with Gasteiger partial charge in [0, 0.05) is 37.8 Å². The van der Waals surface area contributed by atoms with Crippen molar-refractivity contribution >= 4 is 34.5 Å². The first kappa shape index (κ1) is 27.6. The summed E-state index contributed by atoms with van der Waals surface area (Å²) < 4.78 is 3.36. The molecule has 1 fully saturated rings. The summed E-state index contributed by atoms with van der Waals surface area (Å²) in [7, 11) is 1.86. The molecule has 2 aromatic heterocycles. The van der Waals surface area contributed by atoms with Gasteiger partial charge in [0.15, 0.2) is 5.16 Å². The number of aryl methyl sites for hydroxylation is 1. The molecule has 0 bridgehead atoms. The van der Waals surface area contributed by atoms with Crippen LogP contribution in [-0.4, -0.2) is 54.4 Å². The zero-order chi connectivity index (χ0) is 28.2. The summed E-state index contributed by atoms with van der Waals surface area (Å²) in [6.45, 7) is 3.10. The first-order chi connectivity index (χ1) is 19.4. The number of rotatable bonds is 9. The summed E-state index contributed by atoms with van der Waals surface area (Å²) in [6, 6.07) is 15.0. The molecule has 1 aliphatic heterocycles. The molecule has 1 aliphatic rings. The van der Waals surface area contributed by atoms with Gasteiger partial charge in [-0.05, 0) is 49.1 Å². The van der Waals surface area contributed by atoms with Crippen molar-refractivity contribution in [3.05, 3.63) is 71.3 Å². The topological polar surface area (TPSA) is 116 Å². The molecule has 9 nitrogen and oxygen atoms in total. The standard InChI is InChI=1S/C30H34N6O3S/c1-3-4-12-26(29(39)35-15-13-20(14-16-35)27(31)37)40-30-33-25-11-6-5-10-24(25)28(38)36(30)23-9-7-8-21(17-23)22-18-32-34(2)19-22/h5-11,17-20,26H,3-4,12-16H2,1-2H3,(H2,31,37). The number of hydrogen-bond acceptors (Lipinski definition) is 6. The molecule has 5 rings (SSSR count). The van der Waals surface area contributed by atoms with Crippen LogP contribution in [0.1, 0.15) is 39.0 Å². The van der Waals surface area contributed by atoms with Crippen LogP contribution in [0.3, 0.4) is 0 Å². The van der Waals surface area contributed by atoms with Crippen LogP contribution in [-0.2, 0) is 16.6 Å². The lowest BCUT2D eigenvalue weighted by molar-refractivity contribution is -0.134.